The molecule has 0 saturated heterocycles. The van der Waals surface area contributed by atoms with Gasteiger partial charge in [-0.05, 0) is 40.4 Å². The highest BCUT2D eigenvalue weighted by molar-refractivity contribution is 5.69. The van der Waals surface area contributed by atoms with E-state index in [0.717, 1.165) is 29.5 Å². The molecule has 1 aromatic rings. The molecule has 0 atom stereocenters. The minimum Gasteiger partial charge on any atom is -0.507 e. The van der Waals surface area contributed by atoms with Gasteiger partial charge in [0.2, 0.25) is 0 Å². The maximum Gasteiger partial charge on any atom is 0.306 e. The van der Waals surface area contributed by atoms with Gasteiger partial charge in [0.25, 0.3) is 0 Å². The number of aromatic hydroxyl groups is 1. The molecule has 24 heavy (non-hydrogen) atoms. The normalized spacial score (nSPS) is 12.3. The Labute approximate surface area is 147 Å². The fourth-order valence-electron chi connectivity index (χ4n) is 2.63. The maximum absolute atomic E-state index is 11.9. The second-order valence-electron chi connectivity index (χ2n) is 8.61. The van der Waals surface area contributed by atoms with E-state index in [1.54, 1.807) is 0 Å². The average Bonchev–Trinajstić information content (AvgIpc) is 2.44. The summed E-state index contributed by atoms with van der Waals surface area (Å²) in [5.41, 5.74) is 2.65. The Kier molecular flexibility index (Phi) is 6.88. The molecule has 0 aromatic heterocycles. The van der Waals surface area contributed by atoms with Crippen LogP contribution >= 0.6 is 0 Å². The van der Waals surface area contributed by atoms with E-state index in [9.17, 15) is 9.90 Å². The van der Waals surface area contributed by atoms with Crippen molar-refractivity contribution in [1.82, 2.24) is 0 Å². The van der Waals surface area contributed by atoms with Gasteiger partial charge in [-0.2, -0.15) is 0 Å². The van der Waals surface area contributed by atoms with Crippen molar-refractivity contribution in [1.29, 1.82) is 0 Å². The average molecular weight is 335 g/mol. The van der Waals surface area contributed by atoms with Crippen LogP contribution in [0.2, 0.25) is 0 Å². The number of hydrogen-bond acceptors (Lipinski definition) is 3. The molecule has 0 radical (unpaired) electrons. The number of carbonyl (C=O) groups is 1. The first kappa shape index (κ1) is 20.5. The van der Waals surface area contributed by atoms with Crippen LogP contribution in [0.15, 0.2) is 12.1 Å². The molecular weight excluding hydrogens is 300 g/mol. The van der Waals surface area contributed by atoms with Crippen molar-refractivity contribution < 1.29 is 14.6 Å². The van der Waals surface area contributed by atoms with Crippen LogP contribution in [0.5, 0.6) is 5.75 Å². The molecule has 3 nitrogen and oxygen atoms in total. The highest BCUT2D eigenvalue weighted by atomic mass is 16.5. The van der Waals surface area contributed by atoms with Gasteiger partial charge in [0, 0.05) is 6.42 Å². The molecule has 136 valence electrons. The van der Waals surface area contributed by atoms with E-state index in [1.807, 2.05) is 12.1 Å². The lowest BCUT2D eigenvalue weighted by atomic mass is 9.78. The Morgan fingerprint density at radius 1 is 1.04 bits per heavy atom. The minimum absolute atomic E-state index is 0.147. The number of phenols is 1. The topological polar surface area (TPSA) is 46.5 Å². The molecule has 0 aliphatic carbocycles. The Morgan fingerprint density at radius 3 is 1.96 bits per heavy atom. The van der Waals surface area contributed by atoms with E-state index >= 15 is 0 Å². The van der Waals surface area contributed by atoms with Crippen LogP contribution < -0.4 is 0 Å². The van der Waals surface area contributed by atoms with Crippen LogP contribution in [-0.4, -0.2) is 17.7 Å². The zero-order valence-electron chi connectivity index (χ0n) is 16.5. The standard InChI is InChI=1S/C21H34O3/c1-8-9-12-24-18(22)11-10-15-13-16(20(2,3)4)19(23)17(14-15)21(5,6)7/h13-14,23H,8-12H2,1-7H3. The summed E-state index contributed by atoms with van der Waals surface area (Å²) < 4.78 is 5.23. The molecule has 0 saturated carbocycles. The monoisotopic (exact) mass is 334 g/mol. The number of hydrogen-bond donors (Lipinski definition) is 1. The minimum atomic E-state index is -0.151. The summed E-state index contributed by atoms with van der Waals surface area (Å²) in [4.78, 5) is 11.9. The van der Waals surface area contributed by atoms with Crippen LogP contribution in [0.4, 0.5) is 0 Å². The number of aryl methyl sites for hydroxylation is 1. The predicted molar refractivity (Wildman–Crippen MR) is 99.7 cm³/mol. The van der Waals surface area contributed by atoms with Crippen LogP contribution in [0.1, 0.15) is 84.4 Å². The molecule has 1 N–H and O–H groups in total. The Balaban J connectivity index is 3.01. The van der Waals surface area contributed by atoms with Gasteiger partial charge in [-0.15, -0.1) is 0 Å². The molecule has 1 aromatic carbocycles. The van der Waals surface area contributed by atoms with E-state index in [1.165, 1.54) is 0 Å². The summed E-state index contributed by atoms with van der Waals surface area (Å²) >= 11 is 0. The van der Waals surface area contributed by atoms with Crippen molar-refractivity contribution in [3.8, 4) is 5.75 Å². The van der Waals surface area contributed by atoms with Crippen molar-refractivity contribution >= 4 is 5.97 Å². The first-order chi connectivity index (χ1) is 11.0. The number of ether oxygens (including phenoxy) is 1. The van der Waals surface area contributed by atoms with Gasteiger partial charge in [-0.25, -0.2) is 0 Å². The summed E-state index contributed by atoms with van der Waals surface area (Å²) in [6.07, 6.45) is 2.95. The Hall–Kier alpha value is -1.51. The number of phenolic OH excluding ortho intramolecular Hbond substituents is 1. The van der Waals surface area contributed by atoms with E-state index in [0.29, 0.717) is 25.2 Å². The summed E-state index contributed by atoms with van der Waals surface area (Å²) in [6.45, 7) is 15.1. The van der Waals surface area contributed by atoms with Gasteiger partial charge in [0.15, 0.2) is 0 Å². The Morgan fingerprint density at radius 2 is 1.54 bits per heavy atom. The third-order valence-electron chi connectivity index (χ3n) is 4.16. The highest BCUT2D eigenvalue weighted by Crippen LogP contribution is 2.39. The molecule has 0 unspecified atom stereocenters. The highest BCUT2D eigenvalue weighted by Gasteiger charge is 2.26. The fourth-order valence-corrected chi connectivity index (χ4v) is 2.63. The molecule has 0 amide bonds. The van der Waals surface area contributed by atoms with Gasteiger partial charge < -0.3 is 9.84 Å². The molecular formula is C21H34O3. The maximum atomic E-state index is 11.9. The second kappa shape index (κ2) is 8.04. The molecule has 0 aliphatic heterocycles. The lowest BCUT2D eigenvalue weighted by molar-refractivity contribution is -0.143. The number of esters is 1. The largest absolute Gasteiger partial charge is 0.507 e. The SMILES string of the molecule is CCCCOC(=O)CCc1cc(C(C)(C)C)c(O)c(C(C)(C)C)c1. The van der Waals surface area contributed by atoms with Gasteiger partial charge in [-0.1, -0.05) is 67.0 Å². The van der Waals surface area contributed by atoms with E-state index < -0.39 is 0 Å². The molecule has 1 rings (SSSR count). The first-order valence-corrected chi connectivity index (χ1v) is 8.99. The molecule has 0 fully saturated rings. The lowest BCUT2D eigenvalue weighted by Gasteiger charge is -2.28. The van der Waals surface area contributed by atoms with Gasteiger partial charge >= 0.3 is 5.97 Å². The van der Waals surface area contributed by atoms with Crippen molar-refractivity contribution in [3.05, 3.63) is 28.8 Å². The quantitative estimate of drug-likeness (QED) is 0.570. The van der Waals surface area contributed by atoms with Crippen LogP contribution in [0, 0.1) is 0 Å². The lowest BCUT2D eigenvalue weighted by Crippen LogP contribution is -2.18. The second-order valence-corrected chi connectivity index (χ2v) is 8.61. The zero-order valence-corrected chi connectivity index (χ0v) is 16.5. The van der Waals surface area contributed by atoms with Crippen molar-refractivity contribution in [2.45, 2.75) is 85.0 Å². The van der Waals surface area contributed by atoms with Gasteiger partial charge in [0.1, 0.15) is 5.75 Å². The zero-order chi connectivity index (χ0) is 18.5. The fraction of sp³-hybridized carbons (Fsp3) is 0.667. The van der Waals surface area contributed by atoms with Crippen molar-refractivity contribution in [2.75, 3.05) is 6.61 Å². The van der Waals surface area contributed by atoms with E-state index in [-0.39, 0.29) is 16.8 Å². The molecule has 0 bridgehead atoms. The summed E-state index contributed by atoms with van der Waals surface area (Å²) in [5, 5.41) is 10.7. The molecule has 0 spiro atoms. The Bertz CT molecular complexity index is 524. The van der Waals surface area contributed by atoms with Crippen LogP contribution in [0.25, 0.3) is 0 Å². The number of carbonyl (C=O) groups excluding carboxylic acids is 1. The predicted octanol–water partition coefficient (Wildman–Crippen LogP) is 5.26. The molecule has 0 aliphatic rings. The molecule has 0 heterocycles. The summed E-state index contributed by atoms with van der Waals surface area (Å²) in [6, 6.07) is 4.06. The number of rotatable bonds is 6. The van der Waals surface area contributed by atoms with E-state index in [4.69, 9.17) is 4.74 Å². The van der Waals surface area contributed by atoms with Crippen molar-refractivity contribution in [3.63, 3.8) is 0 Å². The summed E-state index contributed by atoms with van der Waals surface area (Å²) in [7, 11) is 0. The smallest absolute Gasteiger partial charge is 0.306 e. The molecule has 3 heteroatoms. The third-order valence-corrected chi connectivity index (χ3v) is 4.16. The van der Waals surface area contributed by atoms with Crippen LogP contribution in [-0.2, 0) is 26.8 Å². The van der Waals surface area contributed by atoms with Gasteiger partial charge in [0.05, 0.1) is 6.61 Å². The van der Waals surface area contributed by atoms with E-state index in [2.05, 4.69) is 48.5 Å². The first-order valence-electron chi connectivity index (χ1n) is 8.99. The van der Waals surface area contributed by atoms with Gasteiger partial charge in [-0.3, -0.25) is 4.79 Å². The van der Waals surface area contributed by atoms with Crippen molar-refractivity contribution in [2.24, 2.45) is 0 Å². The number of unbranched alkanes of at least 4 members (excludes halogenated alkanes) is 1. The van der Waals surface area contributed by atoms with Crippen LogP contribution in [0.3, 0.4) is 0 Å². The number of benzene rings is 1. The third kappa shape index (κ3) is 5.85. The summed E-state index contributed by atoms with van der Waals surface area (Å²) in [5.74, 6) is 0.232.